The second-order valence-electron chi connectivity index (χ2n) is 6.41. The number of imidazole rings is 1. The number of nitrogens with zero attached hydrogens (tertiary/aromatic N) is 1. The monoisotopic (exact) mass is 318 g/mol. The molecule has 23 heavy (non-hydrogen) atoms. The van der Waals surface area contributed by atoms with Gasteiger partial charge in [-0.05, 0) is 19.9 Å². The molecule has 126 valence electrons. The Hall–Kier alpha value is -2.12. The lowest BCUT2D eigenvalue weighted by molar-refractivity contribution is -0.121. The number of aromatic nitrogens is 2. The summed E-state index contributed by atoms with van der Waals surface area (Å²) in [5.74, 6) is -0.0366. The smallest absolute Gasteiger partial charge is 0.246 e. The molecule has 2 heterocycles. The summed E-state index contributed by atoms with van der Waals surface area (Å²) in [5.41, 5.74) is 7.66. The van der Waals surface area contributed by atoms with Crippen LogP contribution in [0.1, 0.15) is 19.5 Å². The minimum Gasteiger partial charge on any atom is -0.373 e. The van der Waals surface area contributed by atoms with E-state index >= 15 is 0 Å². The molecule has 2 rings (SSSR count). The number of nitrogens with two attached hydrogens (primary N) is 1. The van der Waals surface area contributed by atoms with E-state index in [9.17, 15) is 4.79 Å². The van der Waals surface area contributed by atoms with Crippen molar-refractivity contribution in [2.24, 2.45) is 5.73 Å². The van der Waals surface area contributed by atoms with E-state index in [4.69, 9.17) is 5.73 Å². The highest BCUT2D eigenvalue weighted by Gasteiger charge is 2.18. The zero-order chi connectivity index (χ0) is 16.7. The van der Waals surface area contributed by atoms with Gasteiger partial charge < -0.3 is 26.7 Å². The van der Waals surface area contributed by atoms with Gasteiger partial charge in [0.2, 0.25) is 5.91 Å². The summed E-state index contributed by atoms with van der Waals surface area (Å²) in [7, 11) is 0. The van der Waals surface area contributed by atoms with Crippen molar-refractivity contribution in [3.63, 3.8) is 0 Å². The SMILES string of the molecule is CC(C)(N)CNCC1=CC=CC(C(=O)NCCc2cnc[nH]2)N1. The maximum atomic E-state index is 12.2. The molecule has 1 unspecified atom stereocenters. The Bertz CT molecular complexity index is 556. The molecule has 0 fully saturated rings. The second-order valence-corrected chi connectivity index (χ2v) is 6.41. The van der Waals surface area contributed by atoms with E-state index in [2.05, 4.69) is 25.9 Å². The minimum absolute atomic E-state index is 0.0366. The van der Waals surface area contributed by atoms with Gasteiger partial charge in [0.05, 0.1) is 6.33 Å². The number of carbonyl (C=O) groups excluding carboxylic acids is 1. The molecular weight excluding hydrogens is 292 g/mol. The van der Waals surface area contributed by atoms with E-state index in [0.29, 0.717) is 19.6 Å². The van der Waals surface area contributed by atoms with Gasteiger partial charge >= 0.3 is 0 Å². The fourth-order valence-corrected chi connectivity index (χ4v) is 2.21. The third-order valence-corrected chi connectivity index (χ3v) is 3.37. The molecule has 0 radical (unpaired) electrons. The summed E-state index contributed by atoms with van der Waals surface area (Å²) >= 11 is 0. The lowest BCUT2D eigenvalue weighted by atomic mass is 10.1. The molecule has 1 amide bonds. The Kier molecular flexibility index (Phi) is 5.95. The van der Waals surface area contributed by atoms with Gasteiger partial charge in [-0.25, -0.2) is 4.98 Å². The number of rotatable bonds is 8. The first-order chi connectivity index (χ1) is 10.9. The number of hydrogen-bond donors (Lipinski definition) is 5. The number of carbonyl (C=O) groups is 1. The van der Waals surface area contributed by atoms with Crippen LogP contribution in [0.3, 0.4) is 0 Å². The van der Waals surface area contributed by atoms with Gasteiger partial charge in [0.25, 0.3) is 0 Å². The van der Waals surface area contributed by atoms with E-state index in [1.165, 1.54) is 0 Å². The summed E-state index contributed by atoms with van der Waals surface area (Å²) in [5, 5.41) is 9.43. The molecular formula is C16H26N6O. The van der Waals surface area contributed by atoms with Gasteiger partial charge in [0, 0.05) is 49.2 Å². The predicted octanol–water partition coefficient (Wildman–Crippen LogP) is -0.193. The van der Waals surface area contributed by atoms with E-state index in [0.717, 1.165) is 17.8 Å². The van der Waals surface area contributed by atoms with Crippen LogP contribution in [0.15, 0.2) is 36.4 Å². The molecule has 0 spiro atoms. The zero-order valence-corrected chi connectivity index (χ0v) is 13.7. The van der Waals surface area contributed by atoms with Crippen LogP contribution in [0.5, 0.6) is 0 Å². The maximum Gasteiger partial charge on any atom is 0.246 e. The standard InChI is InChI=1S/C16H26N6O/c1-16(2,17)10-18-9-13-4-3-5-14(22-13)15(23)20-7-6-12-8-19-11-21-12/h3-5,8,11,14,18,22H,6-7,9-10,17H2,1-2H3,(H,19,21)(H,20,23). The van der Waals surface area contributed by atoms with Crippen molar-refractivity contribution in [2.45, 2.75) is 31.8 Å². The number of aromatic amines is 1. The van der Waals surface area contributed by atoms with Gasteiger partial charge in [-0.1, -0.05) is 12.2 Å². The highest BCUT2D eigenvalue weighted by molar-refractivity contribution is 5.84. The molecule has 0 aliphatic carbocycles. The Balaban J connectivity index is 1.70. The number of dihydropyridines is 1. The second kappa shape index (κ2) is 7.94. The van der Waals surface area contributed by atoms with Crippen LogP contribution >= 0.6 is 0 Å². The molecule has 0 saturated carbocycles. The fraction of sp³-hybridized carbons (Fsp3) is 0.500. The average Bonchev–Trinajstić information content (AvgIpc) is 2.99. The Morgan fingerprint density at radius 1 is 1.48 bits per heavy atom. The summed E-state index contributed by atoms with van der Waals surface area (Å²) < 4.78 is 0. The lowest BCUT2D eigenvalue weighted by Crippen LogP contribution is -2.47. The highest BCUT2D eigenvalue weighted by Crippen LogP contribution is 2.03. The third-order valence-electron chi connectivity index (χ3n) is 3.37. The molecule has 7 nitrogen and oxygen atoms in total. The molecule has 1 atom stereocenters. The van der Waals surface area contributed by atoms with E-state index in [1.54, 1.807) is 12.5 Å². The number of allylic oxidation sites excluding steroid dienone is 2. The Morgan fingerprint density at radius 3 is 3.00 bits per heavy atom. The quantitative estimate of drug-likeness (QED) is 0.456. The summed E-state index contributed by atoms with van der Waals surface area (Å²) in [6, 6.07) is -0.343. The summed E-state index contributed by atoms with van der Waals surface area (Å²) in [6.45, 7) is 5.88. The number of nitrogens with one attached hydrogen (secondary N) is 4. The maximum absolute atomic E-state index is 12.2. The van der Waals surface area contributed by atoms with Crippen LogP contribution in [0, 0.1) is 0 Å². The number of amides is 1. The van der Waals surface area contributed by atoms with E-state index in [-0.39, 0.29) is 17.5 Å². The van der Waals surface area contributed by atoms with Crippen LogP contribution in [-0.4, -0.2) is 47.1 Å². The van der Waals surface area contributed by atoms with Gasteiger partial charge in [0.15, 0.2) is 0 Å². The van der Waals surface area contributed by atoms with Crippen LogP contribution in [0.2, 0.25) is 0 Å². The molecule has 1 aliphatic rings. The lowest BCUT2D eigenvalue weighted by Gasteiger charge is -2.23. The Morgan fingerprint density at radius 2 is 2.30 bits per heavy atom. The molecule has 0 saturated heterocycles. The molecule has 0 bridgehead atoms. The zero-order valence-electron chi connectivity index (χ0n) is 13.7. The first-order valence-corrected chi connectivity index (χ1v) is 7.82. The van der Waals surface area contributed by atoms with E-state index in [1.807, 2.05) is 32.1 Å². The van der Waals surface area contributed by atoms with Crippen LogP contribution in [0.25, 0.3) is 0 Å². The number of hydrogen-bond acceptors (Lipinski definition) is 5. The number of H-pyrrole nitrogens is 1. The van der Waals surface area contributed by atoms with Crippen LogP contribution in [-0.2, 0) is 11.2 Å². The fourth-order valence-electron chi connectivity index (χ4n) is 2.21. The predicted molar refractivity (Wildman–Crippen MR) is 90.6 cm³/mol. The van der Waals surface area contributed by atoms with Crippen molar-refractivity contribution in [2.75, 3.05) is 19.6 Å². The molecule has 0 aromatic carbocycles. The highest BCUT2D eigenvalue weighted by atomic mass is 16.2. The van der Waals surface area contributed by atoms with Crippen molar-refractivity contribution in [3.05, 3.63) is 42.1 Å². The van der Waals surface area contributed by atoms with Crippen molar-refractivity contribution < 1.29 is 4.79 Å². The third kappa shape index (κ3) is 6.25. The average molecular weight is 318 g/mol. The van der Waals surface area contributed by atoms with Crippen molar-refractivity contribution in [1.82, 2.24) is 25.9 Å². The van der Waals surface area contributed by atoms with E-state index < -0.39 is 0 Å². The van der Waals surface area contributed by atoms with Crippen LogP contribution < -0.4 is 21.7 Å². The van der Waals surface area contributed by atoms with Crippen LogP contribution in [0.4, 0.5) is 0 Å². The topological polar surface area (TPSA) is 108 Å². The summed E-state index contributed by atoms with van der Waals surface area (Å²) in [4.78, 5) is 19.2. The molecule has 1 aromatic heterocycles. The molecule has 1 aliphatic heterocycles. The van der Waals surface area contributed by atoms with Crippen molar-refractivity contribution in [3.8, 4) is 0 Å². The molecule has 6 N–H and O–H groups in total. The molecule has 1 aromatic rings. The first-order valence-electron chi connectivity index (χ1n) is 7.82. The largest absolute Gasteiger partial charge is 0.373 e. The van der Waals surface area contributed by atoms with Gasteiger partial charge in [-0.2, -0.15) is 0 Å². The normalized spacial score (nSPS) is 17.5. The Labute approximate surface area is 136 Å². The van der Waals surface area contributed by atoms with Crippen molar-refractivity contribution >= 4 is 5.91 Å². The summed E-state index contributed by atoms with van der Waals surface area (Å²) in [6.07, 6.45) is 9.84. The van der Waals surface area contributed by atoms with Gasteiger partial charge in [0.1, 0.15) is 6.04 Å². The first kappa shape index (κ1) is 17.2. The molecule has 7 heteroatoms. The van der Waals surface area contributed by atoms with Crippen molar-refractivity contribution in [1.29, 1.82) is 0 Å². The van der Waals surface area contributed by atoms with Gasteiger partial charge in [-0.3, -0.25) is 4.79 Å². The van der Waals surface area contributed by atoms with Gasteiger partial charge in [-0.15, -0.1) is 0 Å². The minimum atomic E-state index is -0.343.